The van der Waals surface area contributed by atoms with Crippen LogP contribution in [0.15, 0.2) is 24.3 Å². The summed E-state index contributed by atoms with van der Waals surface area (Å²) >= 11 is 6.01. The van der Waals surface area contributed by atoms with Crippen LogP contribution in [0, 0.1) is 6.92 Å². The van der Waals surface area contributed by atoms with Gasteiger partial charge in [-0.15, -0.1) is 0 Å². The van der Waals surface area contributed by atoms with Crippen molar-refractivity contribution in [2.45, 2.75) is 32.4 Å². The Morgan fingerprint density at radius 1 is 1.44 bits per heavy atom. The van der Waals surface area contributed by atoms with Gasteiger partial charge in [-0.3, -0.25) is 0 Å². The summed E-state index contributed by atoms with van der Waals surface area (Å²) in [6.07, 6.45) is 2.59. The lowest BCUT2D eigenvalue weighted by Gasteiger charge is -1.99. The summed E-state index contributed by atoms with van der Waals surface area (Å²) in [4.78, 5) is 7.97. The molecule has 1 aromatic carbocycles. The number of aryl methyl sites for hydroxylation is 1. The summed E-state index contributed by atoms with van der Waals surface area (Å²) in [7, 11) is 0. The fourth-order valence-electron chi connectivity index (χ4n) is 2.05. The lowest BCUT2D eigenvalue weighted by Crippen LogP contribution is -2.16. The lowest BCUT2D eigenvalue weighted by molar-refractivity contribution is 0.663. The Hall–Kier alpha value is -1.32. The number of hydrogen-bond donors (Lipinski definition) is 2. The Balaban J connectivity index is 1.82. The van der Waals surface area contributed by atoms with Crippen LogP contribution in [-0.4, -0.2) is 16.0 Å². The molecule has 2 N–H and O–H groups in total. The van der Waals surface area contributed by atoms with Crippen molar-refractivity contribution < 1.29 is 0 Å². The molecule has 1 aliphatic carbocycles. The molecule has 0 radical (unpaired) electrons. The van der Waals surface area contributed by atoms with Crippen LogP contribution in [0.5, 0.6) is 0 Å². The number of nitrogens with one attached hydrogen (secondary N) is 2. The zero-order valence-corrected chi connectivity index (χ0v) is 11.1. The van der Waals surface area contributed by atoms with Crippen molar-refractivity contribution in [3.8, 4) is 11.3 Å². The highest BCUT2D eigenvalue weighted by Gasteiger charge is 2.20. The van der Waals surface area contributed by atoms with Crippen molar-refractivity contribution in [3.63, 3.8) is 0 Å². The fraction of sp³-hybridized carbons (Fsp3) is 0.357. The monoisotopic (exact) mass is 261 g/mol. The maximum Gasteiger partial charge on any atom is 0.121 e. The van der Waals surface area contributed by atoms with E-state index < -0.39 is 0 Å². The van der Waals surface area contributed by atoms with E-state index in [1.165, 1.54) is 12.8 Å². The Labute approximate surface area is 112 Å². The molecule has 18 heavy (non-hydrogen) atoms. The molecule has 1 aromatic heterocycles. The van der Waals surface area contributed by atoms with Crippen LogP contribution < -0.4 is 5.32 Å². The maximum atomic E-state index is 6.01. The van der Waals surface area contributed by atoms with Crippen molar-refractivity contribution in [1.29, 1.82) is 0 Å². The van der Waals surface area contributed by atoms with Gasteiger partial charge in [-0.25, -0.2) is 4.98 Å². The van der Waals surface area contributed by atoms with E-state index in [-0.39, 0.29) is 0 Å². The summed E-state index contributed by atoms with van der Waals surface area (Å²) in [5.74, 6) is 0.995. The first kappa shape index (κ1) is 11.8. The molecular weight excluding hydrogens is 246 g/mol. The second-order valence-corrected chi connectivity index (χ2v) is 5.26. The van der Waals surface area contributed by atoms with E-state index >= 15 is 0 Å². The number of hydrogen-bond acceptors (Lipinski definition) is 2. The van der Waals surface area contributed by atoms with E-state index in [0.717, 1.165) is 34.3 Å². The molecule has 1 aliphatic rings. The summed E-state index contributed by atoms with van der Waals surface area (Å²) in [5, 5.41) is 4.20. The molecule has 2 aromatic rings. The molecule has 0 atom stereocenters. The van der Waals surface area contributed by atoms with Crippen LogP contribution in [-0.2, 0) is 6.54 Å². The SMILES string of the molecule is Cc1[nH]c(CNC2CC2)nc1-c1cccc(Cl)c1. The minimum atomic E-state index is 0.699. The third-order valence-electron chi connectivity index (χ3n) is 3.17. The normalized spacial score (nSPS) is 15.0. The topological polar surface area (TPSA) is 40.7 Å². The van der Waals surface area contributed by atoms with Gasteiger partial charge in [0, 0.05) is 22.3 Å². The molecule has 0 spiro atoms. The van der Waals surface area contributed by atoms with Gasteiger partial charge in [0.25, 0.3) is 0 Å². The number of rotatable bonds is 4. The number of aromatic nitrogens is 2. The van der Waals surface area contributed by atoms with Crippen LogP contribution in [0.1, 0.15) is 24.4 Å². The highest BCUT2D eigenvalue weighted by molar-refractivity contribution is 6.30. The van der Waals surface area contributed by atoms with E-state index in [1.807, 2.05) is 31.2 Å². The predicted molar refractivity (Wildman–Crippen MR) is 73.6 cm³/mol. The Kier molecular flexibility index (Phi) is 3.10. The smallest absolute Gasteiger partial charge is 0.121 e. The van der Waals surface area contributed by atoms with Crippen LogP contribution >= 0.6 is 11.6 Å². The fourth-order valence-corrected chi connectivity index (χ4v) is 2.24. The minimum Gasteiger partial charge on any atom is -0.344 e. The average Bonchev–Trinajstić information content (AvgIpc) is 3.10. The third kappa shape index (κ3) is 2.57. The predicted octanol–water partition coefficient (Wildman–Crippen LogP) is 3.29. The van der Waals surface area contributed by atoms with Gasteiger partial charge in [0.15, 0.2) is 0 Å². The molecule has 3 nitrogen and oxygen atoms in total. The molecule has 3 rings (SSSR count). The zero-order valence-electron chi connectivity index (χ0n) is 10.3. The first-order chi connectivity index (χ1) is 8.72. The first-order valence-electron chi connectivity index (χ1n) is 6.27. The standard InChI is InChI=1S/C14H16ClN3/c1-9-14(10-3-2-4-11(15)7-10)18-13(17-9)8-16-12-5-6-12/h2-4,7,12,16H,5-6,8H2,1H3,(H,17,18). The van der Waals surface area contributed by atoms with E-state index in [1.54, 1.807) is 0 Å². The summed E-state index contributed by atoms with van der Waals surface area (Å²) in [5.41, 5.74) is 3.14. The van der Waals surface area contributed by atoms with Crippen molar-refractivity contribution in [2.75, 3.05) is 0 Å². The van der Waals surface area contributed by atoms with Gasteiger partial charge in [-0.05, 0) is 31.9 Å². The average molecular weight is 262 g/mol. The summed E-state index contributed by atoms with van der Waals surface area (Å²) in [6.45, 7) is 2.86. The lowest BCUT2D eigenvalue weighted by atomic mass is 10.1. The van der Waals surface area contributed by atoms with Crippen molar-refractivity contribution in [3.05, 3.63) is 40.8 Å². The molecule has 1 fully saturated rings. The van der Waals surface area contributed by atoms with Crippen LogP contribution in [0.2, 0.25) is 5.02 Å². The number of nitrogens with zero attached hydrogens (tertiary/aromatic N) is 1. The van der Waals surface area contributed by atoms with Gasteiger partial charge in [0.2, 0.25) is 0 Å². The number of benzene rings is 1. The van der Waals surface area contributed by atoms with E-state index in [2.05, 4.69) is 15.3 Å². The van der Waals surface area contributed by atoms with Crippen LogP contribution in [0.25, 0.3) is 11.3 Å². The van der Waals surface area contributed by atoms with Gasteiger partial charge in [-0.2, -0.15) is 0 Å². The largest absolute Gasteiger partial charge is 0.344 e. The number of H-pyrrole nitrogens is 1. The van der Waals surface area contributed by atoms with Crippen molar-refractivity contribution in [2.24, 2.45) is 0 Å². The number of imidazole rings is 1. The molecule has 0 aliphatic heterocycles. The van der Waals surface area contributed by atoms with Crippen molar-refractivity contribution in [1.82, 2.24) is 15.3 Å². The van der Waals surface area contributed by atoms with E-state index in [0.29, 0.717) is 6.04 Å². The van der Waals surface area contributed by atoms with Gasteiger partial charge in [-0.1, -0.05) is 23.7 Å². The molecule has 0 bridgehead atoms. The van der Waals surface area contributed by atoms with Gasteiger partial charge < -0.3 is 10.3 Å². The maximum absolute atomic E-state index is 6.01. The van der Waals surface area contributed by atoms with Gasteiger partial charge in [0.05, 0.1) is 12.2 Å². The molecule has 1 saturated carbocycles. The number of halogens is 1. The zero-order chi connectivity index (χ0) is 12.5. The minimum absolute atomic E-state index is 0.699. The first-order valence-corrected chi connectivity index (χ1v) is 6.65. The third-order valence-corrected chi connectivity index (χ3v) is 3.40. The molecule has 0 saturated heterocycles. The van der Waals surface area contributed by atoms with E-state index in [4.69, 9.17) is 11.6 Å². The highest BCUT2D eigenvalue weighted by Crippen LogP contribution is 2.24. The van der Waals surface area contributed by atoms with Crippen LogP contribution in [0.4, 0.5) is 0 Å². The van der Waals surface area contributed by atoms with E-state index in [9.17, 15) is 0 Å². The summed E-state index contributed by atoms with van der Waals surface area (Å²) in [6, 6.07) is 8.51. The molecule has 94 valence electrons. The summed E-state index contributed by atoms with van der Waals surface area (Å²) < 4.78 is 0. The molecule has 0 amide bonds. The highest BCUT2D eigenvalue weighted by atomic mass is 35.5. The Morgan fingerprint density at radius 3 is 3.00 bits per heavy atom. The van der Waals surface area contributed by atoms with Gasteiger partial charge in [0.1, 0.15) is 5.82 Å². The van der Waals surface area contributed by atoms with Crippen LogP contribution in [0.3, 0.4) is 0 Å². The van der Waals surface area contributed by atoms with Crippen molar-refractivity contribution >= 4 is 11.6 Å². The van der Waals surface area contributed by atoms with Gasteiger partial charge >= 0.3 is 0 Å². The molecule has 4 heteroatoms. The Bertz CT molecular complexity index is 558. The quantitative estimate of drug-likeness (QED) is 0.887. The molecular formula is C14H16ClN3. The second-order valence-electron chi connectivity index (χ2n) is 4.82. The second kappa shape index (κ2) is 4.75. The number of aromatic amines is 1. The Morgan fingerprint density at radius 2 is 2.28 bits per heavy atom. The molecule has 0 unspecified atom stereocenters. The molecule has 1 heterocycles.